The number of hydrogen-bond acceptors (Lipinski definition) is 3. The molecule has 1 aromatic heterocycles. The van der Waals surface area contributed by atoms with E-state index in [-0.39, 0.29) is 0 Å². The van der Waals surface area contributed by atoms with E-state index in [1.54, 1.807) is 11.3 Å². The second-order valence-electron chi connectivity index (χ2n) is 5.37. The van der Waals surface area contributed by atoms with Crippen molar-refractivity contribution in [2.45, 2.75) is 57.0 Å². The monoisotopic (exact) mass is 223 g/mol. The largest absolute Gasteiger partial charge is 0.385 e. The van der Waals surface area contributed by atoms with Gasteiger partial charge in [-0.3, -0.25) is 0 Å². The minimum Gasteiger partial charge on any atom is -0.385 e. The van der Waals surface area contributed by atoms with Crippen LogP contribution in [0.3, 0.4) is 0 Å². The molecule has 0 saturated heterocycles. The van der Waals surface area contributed by atoms with Gasteiger partial charge in [-0.05, 0) is 39.5 Å². The van der Waals surface area contributed by atoms with Crippen LogP contribution < -0.4 is 0 Å². The molecule has 0 unspecified atom stereocenters. The van der Waals surface area contributed by atoms with Crippen molar-refractivity contribution in [3.63, 3.8) is 0 Å². The van der Waals surface area contributed by atoms with Gasteiger partial charge in [0, 0.05) is 11.8 Å². The maximum Gasteiger partial charge on any atom is 0.0963 e. The predicted molar refractivity (Wildman–Crippen MR) is 61.3 cm³/mol. The molecule has 1 aromatic rings. The number of nitrogens with zero attached hydrogens (tertiary/aromatic N) is 1. The molecule has 3 heteroatoms. The summed E-state index contributed by atoms with van der Waals surface area (Å²) in [5, 5.41) is 11.4. The summed E-state index contributed by atoms with van der Waals surface area (Å²) in [6.45, 7) is 3.76. The minimum atomic E-state index is -0.706. The van der Waals surface area contributed by atoms with E-state index < -0.39 is 5.60 Å². The van der Waals surface area contributed by atoms with Gasteiger partial charge in [0.25, 0.3) is 0 Å². The van der Waals surface area contributed by atoms with Gasteiger partial charge in [-0.25, -0.2) is 4.98 Å². The molecule has 0 bridgehead atoms. The van der Waals surface area contributed by atoms with Gasteiger partial charge in [0.15, 0.2) is 0 Å². The molecule has 2 saturated carbocycles. The molecule has 0 radical (unpaired) electrons. The average Bonchev–Trinajstić information content (AvgIpc) is 3.02. The van der Waals surface area contributed by atoms with Crippen molar-refractivity contribution in [2.75, 3.05) is 0 Å². The van der Waals surface area contributed by atoms with Crippen LogP contribution in [0.2, 0.25) is 0 Å². The first-order valence-corrected chi connectivity index (χ1v) is 6.61. The van der Waals surface area contributed by atoms with E-state index in [0.29, 0.717) is 11.8 Å². The molecule has 2 aliphatic carbocycles. The van der Waals surface area contributed by atoms with Crippen LogP contribution in [-0.2, 0) is 5.60 Å². The van der Waals surface area contributed by atoms with Gasteiger partial charge >= 0.3 is 0 Å². The zero-order chi connectivity index (χ0) is 10.6. The lowest BCUT2D eigenvalue weighted by molar-refractivity contribution is 0.0813. The molecular formula is C12H17NOS. The van der Waals surface area contributed by atoms with Crippen LogP contribution in [0.5, 0.6) is 0 Å². The summed E-state index contributed by atoms with van der Waals surface area (Å²) in [7, 11) is 0. The standard InChI is InChI=1S/C12H17NOS/c1-12(2,14)10-9(7-3-4-7)13-11(15-10)8-5-6-8/h7-8,14H,3-6H2,1-2H3. The van der Waals surface area contributed by atoms with Crippen LogP contribution in [-0.4, -0.2) is 10.1 Å². The third kappa shape index (κ3) is 1.83. The lowest BCUT2D eigenvalue weighted by Gasteiger charge is -2.16. The fraction of sp³-hybridized carbons (Fsp3) is 0.750. The highest BCUT2D eigenvalue weighted by molar-refractivity contribution is 7.12. The summed E-state index contributed by atoms with van der Waals surface area (Å²) in [4.78, 5) is 5.88. The molecule has 1 N–H and O–H groups in total. The molecule has 0 atom stereocenters. The van der Waals surface area contributed by atoms with Crippen molar-refractivity contribution in [1.82, 2.24) is 4.98 Å². The molecule has 15 heavy (non-hydrogen) atoms. The van der Waals surface area contributed by atoms with Crippen LogP contribution in [0.15, 0.2) is 0 Å². The molecule has 2 nitrogen and oxygen atoms in total. The van der Waals surface area contributed by atoms with E-state index in [9.17, 15) is 5.11 Å². The zero-order valence-electron chi connectivity index (χ0n) is 9.29. The van der Waals surface area contributed by atoms with Gasteiger partial charge in [-0.15, -0.1) is 11.3 Å². The molecule has 1 heterocycles. The Morgan fingerprint density at radius 2 is 1.80 bits per heavy atom. The van der Waals surface area contributed by atoms with Crippen molar-refractivity contribution in [3.8, 4) is 0 Å². The van der Waals surface area contributed by atoms with Gasteiger partial charge in [0.1, 0.15) is 0 Å². The quantitative estimate of drug-likeness (QED) is 0.854. The van der Waals surface area contributed by atoms with E-state index in [2.05, 4.69) is 0 Å². The Balaban J connectivity index is 2.01. The van der Waals surface area contributed by atoms with Crippen molar-refractivity contribution in [3.05, 3.63) is 15.6 Å². The number of aromatic nitrogens is 1. The van der Waals surface area contributed by atoms with Crippen molar-refractivity contribution in [2.24, 2.45) is 0 Å². The second kappa shape index (κ2) is 3.05. The van der Waals surface area contributed by atoms with Gasteiger partial charge in [0.2, 0.25) is 0 Å². The minimum absolute atomic E-state index is 0.648. The molecule has 2 aliphatic rings. The Labute approximate surface area is 94.4 Å². The highest BCUT2D eigenvalue weighted by atomic mass is 32.1. The third-order valence-corrected chi connectivity index (χ3v) is 4.66. The van der Waals surface area contributed by atoms with Gasteiger partial charge in [0.05, 0.1) is 21.2 Å². The van der Waals surface area contributed by atoms with Crippen LogP contribution >= 0.6 is 11.3 Å². The van der Waals surface area contributed by atoms with Crippen molar-refractivity contribution >= 4 is 11.3 Å². The van der Waals surface area contributed by atoms with E-state index >= 15 is 0 Å². The van der Waals surface area contributed by atoms with E-state index in [4.69, 9.17) is 4.98 Å². The third-order valence-electron chi connectivity index (χ3n) is 3.12. The number of rotatable bonds is 3. The summed E-state index contributed by atoms with van der Waals surface area (Å²) >= 11 is 1.74. The van der Waals surface area contributed by atoms with Gasteiger partial charge < -0.3 is 5.11 Å². The Hall–Kier alpha value is -0.410. The fourth-order valence-corrected chi connectivity index (χ4v) is 3.25. The molecule has 0 aromatic carbocycles. The second-order valence-corrected chi connectivity index (χ2v) is 6.40. The van der Waals surface area contributed by atoms with Crippen molar-refractivity contribution in [1.29, 1.82) is 0 Å². The Morgan fingerprint density at radius 1 is 1.20 bits per heavy atom. The first-order valence-electron chi connectivity index (χ1n) is 5.79. The molecule has 0 amide bonds. The van der Waals surface area contributed by atoms with E-state index in [1.807, 2.05) is 13.8 Å². The Kier molecular flexibility index (Phi) is 1.99. The van der Waals surface area contributed by atoms with Crippen LogP contribution in [0.4, 0.5) is 0 Å². The molecular weight excluding hydrogens is 206 g/mol. The summed E-state index contributed by atoms with van der Waals surface area (Å²) in [5.74, 6) is 1.36. The number of aliphatic hydroxyl groups is 1. The maximum absolute atomic E-state index is 10.1. The van der Waals surface area contributed by atoms with Gasteiger partial charge in [-0.2, -0.15) is 0 Å². The van der Waals surface area contributed by atoms with Crippen LogP contribution in [0, 0.1) is 0 Å². The first-order chi connectivity index (χ1) is 7.05. The lowest BCUT2D eigenvalue weighted by Crippen LogP contribution is -2.15. The topological polar surface area (TPSA) is 33.1 Å². The molecule has 3 rings (SSSR count). The normalized spacial score (nSPS) is 22.1. The average molecular weight is 223 g/mol. The van der Waals surface area contributed by atoms with E-state index in [1.165, 1.54) is 36.4 Å². The van der Waals surface area contributed by atoms with Crippen LogP contribution in [0.1, 0.15) is 66.9 Å². The molecule has 82 valence electrons. The van der Waals surface area contributed by atoms with Crippen molar-refractivity contribution < 1.29 is 5.11 Å². The zero-order valence-corrected chi connectivity index (χ0v) is 10.1. The van der Waals surface area contributed by atoms with Gasteiger partial charge in [-0.1, -0.05) is 0 Å². The first kappa shape index (κ1) is 9.79. The smallest absolute Gasteiger partial charge is 0.0963 e. The van der Waals surface area contributed by atoms with Crippen LogP contribution in [0.25, 0.3) is 0 Å². The number of thiazole rings is 1. The summed E-state index contributed by atoms with van der Waals surface area (Å²) in [6, 6.07) is 0. The summed E-state index contributed by atoms with van der Waals surface area (Å²) in [6.07, 6.45) is 5.11. The lowest BCUT2D eigenvalue weighted by atomic mass is 10.0. The van der Waals surface area contributed by atoms with E-state index in [0.717, 1.165) is 4.88 Å². The SMILES string of the molecule is CC(C)(O)c1sc(C2CC2)nc1C1CC1. The summed E-state index contributed by atoms with van der Waals surface area (Å²) in [5.41, 5.74) is 0.498. The number of hydrogen-bond donors (Lipinski definition) is 1. The fourth-order valence-electron chi connectivity index (χ4n) is 1.93. The highest BCUT2D eigenvalue weighted by Crippen LogP contribution is 2.49. The molecule has 0 aliphatic heterocycles. The Bertz CT molecular complexity index is 383. The molecule has 0 spiro atoms. The Morgan fingerprint density at radius 3 is 2.27 bits per heavy atom. The highest BCUT2D eigenvalue weighted by Gasteiger charge is 2.37. The summed E-state index contributed by atoms with van der Waals surface area (Å²) < 4.78 is 0. The molecule has 2 fully saturated rings. The maximum atomic E-state index is 10.1. The predicted octanol–water partition coefficient (Wildman–Crippen LogP) is 3.13.